The Bertz CT molecular complexity index is 443. The Morgan fingerprint density at radius 3 is 1.95 bits per heavy atom. The summed E-state index contributed by atoms with van der Waals surface area (Å²) < 4.78 is 61.6. The lowest BCUT2D eigenvalue weighted by Gasteiger charge is -2.30. The molecule has 4 N–H and O–H groups in total. The van der Waals surface area contributed by atoms with E-state index >= 15 is 0 Å². The fourth-order valence-corrected chi connectivity index (χ4v) is 2.23. The summed E-state index contributed by atoms with van der Waals surface area (Å²) in [5.74, 6) is -1.43. The molecule has 0 fully saturated rings. The highest BCUT2D eigenvalue weighted by molar-refractivity contribution is 7.88. The fourth-order valence-electron chi connectivity index (χ4n) is 1.15. The fraction of sp³-hybridized carbons (Fsp3) is 0.889. The van der Waals surface area contributed by atoms with E-state index < -0.39 is 33.2 Å². The van der Waals surface area contributed by atoms with Crippen molar-refractivity contribution in [3.8, 4) is 0 Å². The summed E-state index contributed by atoms with van der Waals surface area (Å²) in [6, 6.07) is 0. The molecule has 0 bridgehead atoms. The van der Waals surface area contributed by atoms with E-state index in [1.807, 2.05) is 5.32 Å². The predicted molar refractivity (Wildman–Crippen MR) is 63.7 cm³/mol. The zero-order chi connectivity index (χ0) is 15.7. The number of sulfonamides is 1. The third-order valence-corrected chi connectivity index (χ3v) is 3.14. The van der Waals surface area contributed by atoms with Crippen molar-refractivity contribution in [3.05, 3.63) is 0 Å². The van der Waals surface area contributed by atoms with Gasteiger partial charge in [0.1, 0.15) is 0 Å². The molecule has 114 valence electrons. The Kier molecular flexibility index (Phi) is 5.01. The van der Waals surface area contributed by atoms with Crippen molar-refractivity contribution in [2.45, 2.75) is 38.0 Å². The summed E-state index contributed by atoms with van der Waals surface area (Å²) in [7, 11) is -3.55. The number of amides is 1. The summed E-state index contributed by atoms with van der Waals surface area (Å²) in [6.07, 6.45) is -4.00. The van der Waals surface area contributed by atoms with Gasteiger partial charge in [-0.2, -0.15) is 13.2 Å². The maximum absolute atomic E-state index is 12.5. The Morgan fingerprint density at radius 1 is 1.21 bits per heavy atom. The van der Waals surface area contributed by atoms with Gasteiger partial charge in [-0.3, -0.25) is 4.79 Å². The molecule has 0 saturated carbocycles. The van der Waals surface area contributed by atoms with E-state index in [-0.39, 0.29) is 6.54 Å². The zero-order valence-corrected chi connectivity index (χ0v) is 11.9. The Hall–Kier alpha value is -0.870. The van der Waals surface area contributed by atoms with Crippen LogP contribution in [0.25, 0.3) is 0 Å². The van der Waals surface area contributed by atoms with Crippen LogP contribution in [0, 0.1) is 0 Å². The molecule has 0 aliphatic rings. The lowest BCUT2D eigenvalue weighted by Crippen LogP contribution is -2.63. The van der Waals surface area contributed by atoms with Crippen LogP contribution < -0.4 is 15.8 Å². The van der Waals surface area contributed by atoms with Gasteiger partial charge in [0.2, 0.25) is 15.9 Å². The first-order chi connectivity index (χ1) is 8.08. The van der Waals surface area contributed by atoms with Gasteiger partial charge >= 0.3 is 6.18 Å². The Morgan fingerprint density at radius 2 is 1.63 bits per heavy atom. The molecule has 1 atom stereocenters. The first-order valence-corrected chi connectivity index (χ1v) is 7.10. The van der Waals surface area contributed by atoms with Gasteiger partial charge in [-0.05, 0) is 20.8 Å². The minimum atomic E-state index is -4.90. The van der Waals surface area contributed by atoms with Gasteiger partial charge in [0.15, 0.2) is 5.54 Å². The number of carbonyl (C=O) groups excluding carboxylic acids is 1. The molecule has 0 aromatic heterocycles. The summed E-state index contributed by atoms with van der Waals surface area (Å²) in [5.41, 5.74) is 0.751. The van der Waals surface area contributed by atoms with Crippen molar-refractivity contribution in [3.63, 3.8) is 0 Å². The SMILES string of the molecule is CC(C)(CNC(=O)C(C)(N)C(F)(F)F)NS(C)(=O)=O. The highest BCUT2D eigenvalue weighted by atomic mass is 32.2. The van der Waals surface area contributed by atoms with E-state index in [1.165, 1.54) is 13.8 Å². The minimum absolute atomic E-state index is 0.332. The molecule has 0 radical (unpaired) electrons. The van der Waals surface area contributed by atoms with Crippen molar-refractivity contribution in [2.75, 3.05) is 12.8 Å². The molecular formula is C9H18F3N3O3S. The minimum Gasteiger partial charge on any atom is -0.352 e. The summed E-state index contributed by atoms with van der Waals surface area (Å²) in [4.78, 5) is 11.4. The number of halogens is 3. The molecular weight excluding hydrogens is 287 g/mol. The smallest absolute Gasteiger partial charge is 0.352 e. The average molecular weight is 305 g/mol. The number of carbonyl (C=O) groups is 1. The standard InChI is InChI=1S/C9H18F3N3O3S/c1-7(2,15-19(4,17)18)5-14-6(16)8(3,13)9(10,11)12/h15H,5,13H2,1-4H3,(H,14,16). The molecule has 0 rings (SSSR count). The number of rotatable bonds is 5. The van der Waals surface area contributed by atoms with E-state index in [2.05, 4.69) is 4.72 Å². The van der Waals surface area contributed by atoms with E-state index in [0.717, 1.165) is 6.26 Å². The van der Waals surface area contributed by atoms with Gasteiger partial charge in [-0.1, -0.05) is 0 Å². The molecule has 0 aliphatic heterocycles. The van der Waals surface area contributed by atoms with Crippen LogP contribution in [-0.4, -0.2) is 44.4 Å². The molecule has 0 heterocycles. The van der Waals surface area contributed by atoms with Crippen LogP contribution in [0.2, 0.25) is 0 Å². The van der Waals surface area contributed by atoms with Crippen molar-refractivity contribution < 1.29 is 26.4 Å². The normalized spacial score (nSPS) is 16.8. The van der Waals surface area contributed by atoms with Crippen LogP contribution in [-0.2, 0) is 14.8 Å². The molecule has 0 aromatic rings. The summed E-state index contributed by atoms with van der Waals surface area (Å²) in [6.45, 7) is 3.03. The van der Waals surface area contributed by atoms with Gasteiger partial charge in [-0.25, -0.2) is 13.1 Å². The quantitative estimate of drug-likeness (QED) is 0.649. The monoisotopic (exact) mass is 305 g/mol. The molecule has 0 saturated heterocycles. The highest BCUT2D eigenvalue weighted by Crippen LogP contribution is 2.27. The molecule has 10 heteroatoms. The van der Waals surface area contributed by atoms with Gasteiger partial charge < -0.3 is 11.1 Å². The number of nitrogens with one attached hydrogen (secondary N) is 2. The van der Waals surface area contributed by atoms with E-state index in [4.69, 9.17) is 5.73 Å². The largest absolute Gasteiger partial charge is 0.415 e. The number of hydrogen-bond donors (Lipinski definition) is 3. The number of nitrogens with two attached hydrogens (primary N) is 1. The lowest BCUT2D eigenvalue weighted by molar-refractivity contribution is -0.187. The average Bonchev–Trinajstić information content (AvgIpc) is 2.08. The molecule has 1 unspecified atom stereocenters. The lowest BCUT2D eigenvalue weighted by atomic mass is 10.0. The van der Waals surface area contributed by atoms with E-state index in [1.54, 1.807) is 0 Å². The van der Waals surface area contributed by atoms with Crippen LogP contribution in [0.4, 0.5) is 13.2 Å². The maximum Gasteiger partial charge on any atom is 0.415 e. The van der Waals surface area contributed by atoms with Gasteiger partial charge in [-0.15, -0.1) is 0 Å². The first kappa shape index (κ1) is 18.1. The van der Waals surface area contributed by atoms with Crippen LogP contribution >= 0.6 is 0 Å². The van der Waals surface area contributed by atoms with Gasteiger partial charge in [0.25, 0.3) is 0 Å². The second-order valence-corrected chi connectivity index (χ2v) is 6.89. The molecule has 6 nitrogen and oxygen atoms in total. The molecule has 19 heavy (non-hydrogen) atoms. The van der Waals surface area contributed by atoms with Gasteiger partial charge in [0, 0.05) is 12.1 Å². The third-order valence-electron chi connectivity index (χ3n) is 2.21. The second-order valence-electron chi connectivity index (χ2n) is 5.14. The number of hydrogen-bond acceptors (Lipinski definition) is 4. The Labute approximate surface area is 110 Å². The molecule has 0 aromatic carbocycles. The van der Waals surface area contributed by atoms with Crippen LogP contribution in [0.3, 0.4) is 0 Å². The van der Waals surface area contributed by atoms with Crippen molar-refractivity contribution in [2.24, 2.45) is 5.73 Å². The second kappa shape index (κ2) is 5.25. The van der Waals surface area contributed by atoms with Gasteiger partial charge in [0.05, 0.1) is 6.26 Å². The summed E-state index contributed by atoms with van der Waals surface area (Å²) >= 11 is 0. The molecule has 1 amide bonds. The Balaban J connectivity index is 4.71. The molecule has 0 aliphatic carbocycles. The van der Waals surface area contributed by atoms with E-state index in [0.29, 0.717) is 6.92 Å². The zero-order valence-electron chi connectivity index (χ0n) is 11.1. The topological polar surface area (TPSA) is 101 Å². The number of alkyl halides is 3. The van der Waals surface area contributed by atoms with Crippen LogP contribution in [0.1, 0.15) is 20.8 Å². The van der Waals surface area contributed by atoms with Crippen molar-refractivity contribution in [1.82, 2.24) is 10.0 Å². The van der Waals surface area contributed by atoms with Crippen LogP contribution in [0.5, 0.6) is 0 Å². The van der Waals surface area contributed by atoms with E-state index in [9.17, 15) is 26.4 Å². The first-order valence-electron chi connectivity index (χ1n) is 5.21. The summed E-state index contributed by atoms with van der Waals surface area (Å²) in [5, 5.41) is 1.98. The van der Waals surface area contributed by atoms with Crippen molar-refractivity contribution in [1.29, 1.82) is 0 Å². The molecule has 0 spiro atoms. The predicted octanol–water partition coefficient (Wildman–Crippen LogP) is -0.290. The third kappa shape index (κ3) is 5.74. The highest BCUT2D eigenvalue weighted by Gasteiger charge is 2.54. The van der Waals surface area contributed by atoms with Crippen LogP contribution in [0.15, 0.2) is 0 Å². The maximum atomic E-state index is 12.5. The van der Waals surface area contributed by atoms with Crippen molar-refractivity contribution >= 4 is 15.9 Å².